The fourth-order valence-electron chi connectivity index (χ4n) is 5.13. The molecule has 1 aromatic heterocycles. The van der Waals surface area contributed by atoms with Gasteiger partial charge in [-0.25, -0.2) is 13.6 Å². The quantitative estimate of drug-likeness (QED) is 0.423. The number of fused-ring (bicyclic) bond motifs is 3. The van der Waals surface area contributed by atoms with Gasteiger partial charge >= 0.3 is 12.1 Å². The Labute approximate surface area is 210 Å². The molecular weight excluding hydrogens is 482 g/mol. The number of hydrogen-bond donors (Lipinski definition) is 1. The zero-order valence-corrected chi connectivity index (χ0v) is 19.7. The second-order valence-corrected chi connectivity index (χ2v) is 8.89. The van der Waals surface area contributed by atoms with E-state index in [-0.39, 0.29) is 52.7 Å². The van der Waals surface area contributed by atoms with E-state index in [1.807, 2.05) is 4.90 Å². The average molecular weight is 502 g/mol. The van der Waals surface area contributed by atoms with E-state index in [4.69, 9.17) is 15.9 Å². The summed E-state index contributed by atoms with van der Waals surface area (Å²) in [4.78, 5) is 24.3. The van der Waals surface area contributed by atoms with Crippen LogP contribution in [0.1, 0.15) is 5.56 Å². The lowest BCUT2D eigenvalue weighted by atomic mass is 9.93. The normalized spacial score (nSPS) is 17.1. The number of ether oxygens (including phenoxy) is 2. The molecule has 2 aliphatic rings. The van der Waals surface area contributed by atoms with Gasteiger partial charge in [-0.3, -0.25) is 4.90 Å². The van der Waals surface area contributed by atoms with E-state index in [0.717, 1.165) is 0 Å². The van der Waals surface area contributed by atoms with E-state index >= 15 is 4.39 Å². The minimum Gasteiger partial charge on any atom is -0.508 e. The minimum atomic E-state index is -0.698. The van der Waals surface area contributed by atoms with Gasteiger partial charge in [0, 0.05) is 36.0 Å². The lowest BCUT2D eigenvalue weighted by molar-refractivity contribution is 0.157. The molecule has 10 heteroatoms. The lowest BCUT2D eigenvalue weighted by Gasteiger charge is -2.36. The van der Waals surface area contributed by atoms with Gasteiger partial charge in [0.2, 0.25) is 0 Å². The van der Waals surface area contributed by atoms with Crippen molar-refractivity contribution in [2.75, 3.05) is 38.3 Å². The molecule has 0 saturated carbocycles. The van der Waals surface area contributed by atoms with Gasteiger partial charge in [0.1, 0.15) is 29.5 Å². The summed E-state index contributed by atoms with van der Waals surface area (Å²) >= 11 is 0. The van der Waals surface area contributed by atoms with Crippen LogP contribution in [-0.4, -0.2) is 65.5 Å². The number of terminal acetylenes is 1. The zero-order chi connectivity index (χ0) is 25.8. The van der Waals surface area contributed by atoms with Gasteiger partial charge in [-0.15, -0.1) is 6.42 Å². The maximum atomic E-state index is 16.2. The molecule has 2 aliphatic heterocycles. The summed E-state index contributed by atoms with van der Waals surface area (Å²) < 4.78 is 41.2. The number of carbonyl (C=O) groups is 1. The number of phenols is 1. The molecule has 1 N–H and O–H groups in total. The molecule has 1 amide bonds. The summed E-state index contributed by atoms with van der Waals surface area (Å²) in [5.74, 6) is 1.37. The Morgan fingerprint density at radius 3 is 2.78 bits per heavy atom. The van der Waals surface area contributed by atoms with Crippen LogP contribution in [0.3, 0.4) is 0 Å². The molecule has 8 nitrogen and oxygen atoms in total. The average Bonchev–Trinajstić information content (AvgIpc) is 3.28. The maximum Gasteiger partial charge on any atom is 0.410 e. The molecule has 2 saturated heterocycles. The Morgan fingerprint density at radius 1 is 1.16 bits per heavy atom. The van der Waals surface area contributed by atoms with Gasteiger partial charge in [-0.2, -0.15) is 9.97 Å². The number of amides is 1. The number of anilines is 1. The first-order valence-electron chi connectivity index (χ1n) is 11.5. The van der Waals surface area contributed by atoms with E-state index < -0.39 is 11.6 Å². The van der Waals surface area contributed by atoms with Crippen LogP contribution in [0.2, 0.25) is 0 Å². The molecule has 2 fully saturated rings. The fraction of sp³-hybridized carbons (Fsp3) is 0.222. The Balaban J connectivity index is 1.54. The number of methoxy groups -OCH3 is 1. The lowest BCUT2D eigenvalue weighted by Crippen LogP contribution is -2.52. The van der Waals surface area contributed by atoms with Crippen molar-refractivity contribution in [2.45, 2.75) is 6.04 Å². The third-order valence-electron chi connectivity index (χ3n) is 6.85. The number of phenolic OH excluding ortho intramolecular Hbond substituents is 1. The number of nitrogens with zero attached hydrogens (tertiary/aromatic N) is 4. The highest BCUT2D eigenvalue weighted by atomic mass is 19.1. The van der Waals surface area contributed by atoms with E-state index in [1.54, 1.807) is 11.0 Å². The van der Waals surface area contributed by atoms with Gasteiger partial charge in [0.25, 0.3) is 0 Å². The van der Waals surface area contributed by atoms with Gasteiger partial charge in [-0.05, 0) is 35.2 Å². The van der Waals surface area contributed by atoms with Crippen LogP contribution in [0.5, 0.6) is 11.8 Å². The molecule has 3 heterocycles. The summed E-state index contributed by atoms with van der Waals surface area (Å²) in [6, 6.07) is 8.53. The topological polar surface area (TPSA) is 88.0 Å². The maximum absolute atomic E-state index is 16.2. The van der Waals surface area contributed by atoms with Crippen LogP contribution in [0.15, 0.2) is 36.4 Å². The van der Waals surface area contributed by atoms with Crippen LogP contribution in [0.25, 0.3) is 32.8 Å². The Bertz CT molecular complexity index is 1650. The van der Waals surface area contributed by atoms with Crippen molar-refractivity contribution < 1.29 is 28.2 Å². The van der Waals surface area contributed by atoms with Crippen molar-refractivity contribution in [1.82, 2.24) is 14.9 Å². The molecule has 1 unspecified atom stereocenters. The van der Waals surface area contributed by atoms with Crippen LogP contribution in [0, 0.1) is 24.0 Å². The minimum absolute atomic E-state index is 0.00400. The van der Waals surface area contributed by atoms with E-state index in [2.05, 4.69) is 15.9 Å². The van der Waals surface area contributed by atoms with Crippen LogP contribution in [-0.2, 0) is 4.74 Å². The molecule has 1 atom stereocenters. The molecule has 3 aromatic carbocycles. The molecule has 4 aromatic rings. The molecule has 0 spiro atoms. The molecule has 6 rings (SSSR count). The number of rotatable bonds is 3. The largest absolute Gasteiger partial charge is 0.508 e. The Morgan fingerprint density at radius 2 is 2.00 bits per heavy atom. The Kier molecular flexibility index (Phi) is 5.22. The number of carbonyl (C=O) groups excluding carboxylic acids is 1. The molecule has 0 radical (unpaired) electrons. The van der Waals surface area contributed by atoms with Gasteiger partial charge in [-0.1, -0.05) is 18.1 Å². The summed E-state index contributed by atoms with van der Waals surface area (Å²) in [7, 11) is 1.39. The number of aromatic hydroxyl groups is 1. The third-order valence-corrected chi connectivity index (χ3v) is 6.85. The van der Waals surface area contributed by atoms with Crippen LogP contribution in [0.4, 0.5) is 19.4 Å². The van der Waals surface area contributed by atoms with Crippen molar-refractivity contribution in [2.24, 2.45) is 0 Å². The Hall–Kier alpha value is -4.65. The SMILES string of the molecule is C#Cc1c(F)ccc2cc(O)cc(-c3ccc4c(N5CCN6C(=O)OCC6C5)nc(OC)nc4c3F)c12. The first-order chi connectivity index (χ1) is 17.9. The van der Waals surface area contributed by atoms with Gasteiger partial charge < -0.3 is 19.5 Å². The van der Waals surface area contributed by atoms with Crippen molar-refractivity contribution in [3.63, 3.8) is 0 Å². The number of piperazine rings is 1. The molecule has 0 bridgehead atoms. The van der Waals surface area contributed by atoms with Gasteiger partial charge in [0.05, 0.1) is 18.7 Å². The highest BCUT2D eigenvalue weighted by Crippen LogP contribution is 2.40. The first-order valence-corrected chi connectivity index (χ1v) is 11.5. The van der Waals surface area contributed by atoms with Crippen molar-refractivity contribution >= 4 is 33.6 Å². The second kappa shape index (κ2) is 8.48. The molecule has 0 aliphatic carbocycles. The number of hydrogen-bond acceptors (Lipinski definition) is 7. The number of halogens is 2. The summed E-state index contributed by atoms with van der Waals surface area (Å²) in [6.07, 6.45) is 5.25. The smallest absolute Gasteiger partial charge is 0.410 e. The van der Waals surface area contributed by atoms with E-state index in [1.165, 1.54) is 37.4 Å². The first kappa shape index (κ1) is 22.8. The molecular formula is C27H20F2N4O4. The van der Waals surface area contributed by atoms with Crippen LogP contribution < -0.4 is 9.64 Å². The van der Waals surface area contributed by atoms with E-state index in [9.17, 15) is 14.3 Å². The van der Waals surface area contributed by atoms with Crippen molar-refractivity contribution in [3.05, 3.63) is 53.6 Å². The molecule has 186 valence electrons. The van der Waals surface area contributed by atoms with Crippen molar-refractivity contribution in [3.8, 4) is 35.2 Å². The third kappa shape index (κ3) is 3.54. The zero-order valence-electron chi connectivity index (χ0n) is 19.7. The number of cyclic esters (lactones) is 1. The number of benzene rings is 3. The van der Waals surface area contributed by atoms with Crippen molar-refractivity contribution in [1.29, 1.82) is 0 Å². The number of aromatic nitrogens is 2. The summed E-state index contributed by atoms with van der Waals surface area (Å²) in [6.45, 7) is 1.62. The van der Waals surface area contributed by atoms with E-state index in [0.29, 0.717) is 41.6 Å². The monoisotopic (exact) mass is 502 g/mol. The fourth-order valence-corrected chi connectivity index (χ4v) is 5.13. The van der Waals surface area contributed by atoms with Crippen LogP contribution >= 0.6 is 0 Å². The van der Waals surface area contributed by atoms with Gasteiger partial charge in [0.15, 0.2) is 5.82 Å². The summed E-state index contributed by atoms with van der Waals surface area (Å²) in [5.41, 5.74) is 0.285. The standard InChI is InChI=1S/C27H20F2N4O4/c1-3-17-21(28)7-4-14-10-16(34)11-20(22(14)17)18-5-6-19-24(23(18)29)30-26(36-2)31-25(19)32-8-9-33-15(12-32)13-37-27(33)35/h1,4-7,10-11,15,34H,8-9,12-13H2,2H3. The highest BCUT2D eigenvalue weighted by Gasteiger charge is 2.38. The predicted molar refractivity (Wildman–Crippen MR) is 133 cm³/mol. The summed E-state index contributed by atoms with van der Waals surface area (Å²) in [5, 5.41) is 11.6. The second-order valence-electron chi connectivity index (χ2n) is 8.89. The predicted octanol–water partition coefficient (Wildman–Crippen LogP) is 4.06. The molecule has 37 heavy (non-hydrogen) atoms. The highest BCUT2D eigenvalue weighted by molar-refractivity contribution is 6.04.